The molecular weight excluding hydrogens is 444 g/mol. The Kier molecular flexibility index (Phi) is 9.64. The van der Waals surface area contributed by atoms with Crippen molar-refractivity contribution in [3.05, 3.63) is 66.5 Å². The Morgan fingerprint density at radius 1 is 0.912 bits per heavy atom. The van der Waals surface area contributed by atoms with Crippen molar-refractivity contribution in [1.29, 1.82) is 0 Å². The summed E-state index contributed by atoms with van der Waals surface area (Å²) < 4.78 is 5.47. The van der Waals surface area contributed by atoms with Gasteiger partial charge in [-0.15, -0.1) is 11.6 Å². The Morgan fingerprint density at radius 2 is 1.62 bits per heavy atom. The normalized spacial score (nSPS) is 12.8. The highest BCUT2D eigenvalue weighted by Gasteiger charge is 2.32. The Hall–Kier alpha value is -2.72. The van der Waals surface area contributed by atoms with Crippen molar-refractivity contribution in [2.45, 2.75) is 77.0 Å². The van der Waals surface area contributed by atoms with Gasteiger partial charge in [-0.05, 0) is 42.9 Å². The maximum atomic E-state index is 12.5. The Morgan fingerprint density at radius 3 is 2.29 bits per heavy atom. The van der Waals surface area contributed by atoms with E-state index in [2.05, 4.69) is 47.2 Å². The van der Waals surface area contributed by atoms with Crippen LogP contribution in [0.3, 0.4) is 0 Å². The second kappa shape index (κ2) is 12.7. The molecule has 3 rings (SSSR count). The first-order chi connectivity index (χ1) is 16.5. The number of unbranched alkanes of at least 4 members (excludes halogenated alkanes) is 4. The number of alkyl halides is 1. The highest BCUT2D eigenvalue weighted by Crippen LogP contribution is 2.34. The summed E-state index contributed by atoms with van der Waals surface area (Å²) in [5.41, 5.74) is 4.50. The van der Waals surface area contributed by atoms with Gasteiger partial charge in [-0.3, -0.25) is 0 Å². The van der Waals surface area contributed by atoms with E-state index in [1.807, 2.05) is 25.1 Å². The number of hydrogen-bond acceptors (Lipinski definition) is 4. The summed E-state index contributed by atoms with van der Waals surface area (Å²) in [7, 11) is 0. The molecule has 0 radical (unpaired) electrons. The predicted octanol–water partition coefficient (Wildman–Crippen LogP) is 8.03. The van der Waals surface area contributed by atoms with E-state index in [-0.39, 0.29) is 0 Å². The number of hydrogen-bond donors (Lipinski definition) is 0. The third-order valence-corrected chi connectivity index (χ3v) is 6.34. The minimum absolute atomic E-state index is 0.301. The van der Waals surface area contributed by atoms with Crippen LogP contribution in [0.2, 0.25) is 0 Å². The molecule has 1 aromatic heterocycles. The minimum atomic E-state index is -1.06. The van der Waals surface area contributed by atoms with Crippen molar-refractivity contribution in [2.75, 3.05) is 0 Å². The van der Waals surface area contributed by atoms with Crippen LogP contribution in [0.1, 0.15) is 71.3 Å². The van der Waals surface area contributed by atoms with Crippen molar-refractivity contribution in [2.24, 2.45) is 0 Å². The largest absolute Gasteiger partial charge is 0.422 e. The van der Waals surface area contributed by atoms with Crippen LogP contribution in [0.4, 0.5) is 0 Å². The second-order valence-corrected chi connectivity index (χ2v) is 9.78. The van der Waals surface area contributed by atoms with Gasteiger partial charge in [-0.1, -0.05) is 94.5 Å². The molecule has 4 nitrogen and oxygen atoms in total. The Labute approximate surface area is 208 Å². The van der Waals surface area contributed by atoms with Gasteiger partial charge in [-0.25, -0.2) is 14.8 Å². The molecule has 0 aliphatic rings. The summed E-state index contributed by atoms with van der Waals surface area (Å²) in [6.45, 7) is 5.90. The molecule has 5 heteroatoms. The van der Waals surface area contributed by atoms with Gasteiger partial charge in [0.1, 0.15) is 4.87 Å². The van der Waals surface area contributed by atoms with E-state index < -0.39 is 10.8 Å². The van der Waals surface area contributed by atoms with Gasteiger partial charge in [0, 0.05) is 5.56 Å². The lowest BCUT2D eigenvalue weighted by Gasteiger charge is -2.19. The van der Waals surface area contributed by atoms with Gasteiger partial charge in [0.2, 0.25) is 0 Å². The van der Waals surface area contributed by atoms with Crippen LogP contribution >= 0.6 is 11.6 Å². The SMILES string of the molecule is CCCCCCCc1cccc(-c2ccccc2)c1-c1ncc(OC(=O)C(C)(Cl)CCC)cn1. The number of nitrogens with zero attached hydrogens (tertiary/aromatic N) is 2. The Bertz CT molecular complexity index is 1050. The fourth-order valence-electron chi connectivity index (χ4n) is 4.13. The zero-order valence-corrected chi connectivity index (χ0v) is 21.3. The second-order valence-electron chi connectivity index (χ2n) is 8.95. The van der Waals surface area contributed by atoms with Crippen LogP contribution in [0.15, 0.2) is 60.9 Å². The number of carbonyl (C=O) groups excluding carboxylic acids is 1. The Balaban J connectivity index is 1.89. The monoisotopic (exact) mass is 478 g/mol. The molecule has 0 aliphatic heterocycles. The molecular formula is C29H35ClN2O2. The molecule has 0 bridgehead atoms. The lowest BCUT2D eigenvalue weighted by Crippen LogP contribution is -2.33. The minimum Gasteiger partial charge on any atom is -0.422 e. The summed E-state index contributed by atoms with van der Waals surface area (Å²) in [4.78, 5) is 20.6. The lowest BCUT2D eigenvalue weighted by molar-refractivity contribution is -0.137. The maximum Gasteiger partial charge on any atom is 0.332 e. The zero-order valence-electron chi connectivity index (χ0n) is 20.5. The summed E-state index contributed by atoms with van der Waals surface area (Å²) >= 11 is 6.34. The van der Waals surface area contributed by atoms with Gasteiger partial charge >= 0.3 is 5.97 Å². The first-order valence-electron chi connectivity index (χ1n) is 12.4. The van der Waals surface area contributed by atoms with E-state index in [0.717, 1.165) is 36.0 Å². The van der Waals surface area contributed by atoms with Crippen LogP contribution < -0.4 is 4.74 Å². The number of aryl methyl sites for hydroxylation is 1. The van der Waals surface area contributed by atoms with Gasteiger partial charge in [-0.2, -0.15) is 0 Å². The van der Waals surface area contributed by atoms with Gasteiger partial charge in [0.25, 0.3) is 0 Å². The van der Waals surface area contributed by atoms with E-state index in [9.17, 15) is 4.79 Å². The molecule has 0 aliphatic carbocycles. The molecule has 0 saturated heterocycles. The van der Waals surface area contributed by atoms with Crippen molar-refractivity contribution >= 4 is 17.6 Å². The van der Waals surface area contributed by atoms with Crippen molar-refractivity contribution in [3.8, 4) is 28.3 Å². The van der Waals surface area contributed by atoms with E-state index in [4.69, 9.17) is 16.3 Å². The maximum absolute atomic E-state index is 12.5. The first kappa shape index (κ1) is 25.9. The third kappa shape index (κ3) is 6.89. The van der Waals surface area contributed by atoms with Crippen LogP contribution in [-0.2, 0) is 11.2 Å². The number of rotatable bonds is 12. The zero-order chi connectivity index (χ0) is 24.4. The molecule has 0 fully saturated rings. The molecule has 2 aromatic carbocycles. The topological polar surface area (TPSA) is 52.1 Å². The van der Waals surface area contributed by atoms with Crippen molar-refractivity contribution in [3.63, 3.8) is 0 Å². The number of ether oxygens (including phenoxy) is 1. The van der Waals surface area contributed by atoms with Crippen LogP contribution in [0, 0.1) is 0 Å². The fraction of sp³-hybridized carbons (Fsp3) is 0.414. The molecule has 3 aromatic rings. The molecule has 34 heavy (non-hydrogen) atoms. The summed E-state index contributed by atoms with van der Waals surface area (Å²) in [5.74, 6) is 0.449. The molecule has 0 N–H and O–H groups in total. The average Bonchev–Trinajstić information content (AvgIpc) is 2.85. The van der Waals surface area contributed by atoms with Crippen LogP contribution in [0.25, 0.3) is 22.5 Å². The number of benzene rings is 2. The van der Waals surface area contributed by atoms with E-state index in [1.165, 1.54) is 31.2 Å². The van der Waals surface area contributed by atoms with Gasteiger partial charge < -0.3 is 4.74 Å². The van der Waals surface area contributed by atoms with Crippen molar-refractivity contribution < 1.29 is 9.53 Å². The third-order valence-electron chi connectivity index (χ3n) is 5.99. The van der Waals surface area contributed by atoms with Crippen molar-refractivity contribution in [1.82, 2.24) is 9.97 Å². The first-order valence-corrected chi connectivity index (χ1v) is 12.7. The lowest BCUT2D eigenvalue weighted by atomic mass is 9.92. The molecule has 0 spiro atoms. The highest BCUT2D eigenvalue weighted by atomic mass is 35.5. The van der Waals surface area contributed by atoms with E-state index >= 15 is 0 Å². The average molecular weight is 479 g/mol. The summed E-state index contributed by atoms with van der Waals surface area (Å²) in [6, 6.07) is 16.7. The molecule has 1 heterocycles. The van der Waals surface area contributed by atoms with Crippen LogP contribution in [-0.4, -0.2) is 20.8 Å². The van der Waals surface area contributed by atoms with Crippen LogP contribution in [0.5, 0.6) is 5.75 Å². The van der Waals surface area contributed by atoms with Gasteiger partial charge in [0.05, 0.1) is 12.4 Å². The standard InChI is InChI=1S/C29H35ClN2O2/c1-4-6-7-8-10-16-23-17-13-18-25(22-14-11-9-12-15-22)26(23)27-31-20-24(21-32-27)34-28(33)29(3,30)19-5-2/h9,11-15,17-18,20-21H,4-8,10,16,19H2,1-3H3. The molecule has 0 saturated carbocycles. The molecule has 1 atom stereocenters. The molecule has 180 valence electrons. The number of carbonyl (C=O) groups is 1. The smallest absolute Gasteiger partial charge is 0.332 e. The summed E-state index contributed by atoms with van der Waals surface area (Å²) in [6.07, 6.45) is 11.6. The predicted molar refractivity (Wildman–Crippen MR) is 140 cm³/mol. The molecule has 0 amide bonds. The number of aromatic nitrogens is 2. The number of esters is 1. The fourth-order valence-corrected chi connectivity index (χ4v) is 4.36. The molecule has 1 unspecified atom stereocenters. The van der Waals surface area contributed by atoms with Gasteiger partial charge in [0.15, 0.2) is 11.6 Å². The highest BCUT2D eigenvalue weighted by molar-refractivity contribution is 6.33. The summed E-state index contributed by atoms with van der Waals surface area (Å²) in [5, 5.41) is 0. The van der Waals surface area contributed by atoms with E-state index in [1.54, 1.807) is 19.3 Å². The quantitative estimate of drug-likeness (QED) is 0.150. The number of halogens is 1. The van der Waals surface area contributed by atoms with E-state index in [0.29, 0.717) is 18.0 Å².